The van der Waals surface area contributed by atoms with Gasteiger partial charge in [-0.3, -0.25) is 0 Å². The van der Waals surface area contributed by atoms with Crippen molar-refractivity contribution in [1.82, 2.24) is 0 Å². The molecule has 134 valence electrons. The van der Waals surface area contributed by atoms with E-state index in [1.165, 1.54) is 89.3 Å². The van der Waals surface area contributed by atoms with E-state index < -0.39 is 0 Å². The van der Waals surface area contributed by atoms with E-state index in [0.717, 1.165) is 6.42 Å². The first kappa shape index (κ1) is 22.6. The van der Waals surface area contributed by atoms with Crippen LogP contribution >= 0.6 is 0 Å². The zero-order chi connectivity index (χ0) is 15.9. The summed E-state index contributed by atoms with van der Waals surface area (Å²) in [5.41, 5.74) is 1.46. The minimum atomic E-state index is 0. The van der Waals surface area contributed by atoms with Crippen LogP contribution < -0.4 is 21.5 Å². The topological polar surface area (TPSA) is 3.88 Å². The Labute approximate surface area is 155 Å². The van der Waals surface area contributed by atoms with E-state index in [-0.39, 0.29) is 17.0 Å². The van der Waals surface area contributed by atoms with Gasteiger partial charge in [0.05, 0.1) is 0 Å². The van der Waals surface area contributed by atoms with Crippen LogP contribution in [0.3, 0.4) is 0 Å². The summed E-state index contributed by atoms with van der Waals surface area (Å²) in [5.74, 6) is 0. The Morgan fingerprint density at radius 2 is 1.22 bits per heavy atom. The molecule has 1 heterocycles. The molecule has 1 aromatic heterocycles. The molecule has 1 nitrogen and oxygen atoms in total. The third kappa shape index (κ3) is 11.8. The minimum absolute atomic E-state index is 0. The highest BCUT2D eigenvalue weighted by Gasteiger charge is 2.05. The largest absolute Gasteiger partial charge is 1.00 e. The normalized spacial score (nSPS) is 10.5. The van der Waals surface area contributed by atoms with E-state index in [2.05, 4.69) is 42.8 Å². The number of pyridine rings is 1. The van der Waals surface area contributed by atoms with Crippen LogP contribution in [0.4, 0.5) is 0 Å². The van der Waals surface area contributed by atoms with Gasteiger partial charge in [0.25, 0.3) is 0 Å². The van der Waals surface area contributed by atoms with Crippen LogP contribution in [-0.4, -0.2) is 0 Å². The number of unbranched alkanes of at least 4 members (excludes halogenated alkanes) is 11. The Bertz CT molecular complexity index is 365. The summed E-state index contributed by atoms with van der Waals surface area (Å²) >= 11 is 0. The van der Waals surface area contributed by atoms with Gasteiger partial charge in [-0.25, -0.2) is 4.57 Å². The van der Waals surface area contributed by atoms with Gasteiger partial charge in [-0.15, -0.1) is 0 Å². The van der Waals surface area contributed by atoms with Crippen molar-refractivity contribution in [2.45, 2.75) is 104 Å². The first-order valence-corrected chi connectivity index (χ1v) is 9.85. The van der Waals surface area contributed by atoms with Crippen molar-refractivity contribution >= 4 is 0 Å². The van der Waals surface area contributed by atoms with Crippen LogP contribution in [-0.2, 0) is 13.0 Å². The fourth-order valence-electron chi connectivity index (χ4n) is 3.17. The second-order valence-electron chi connectivity index (χ2n) is 6.63. The second kappa shape index (κ2) is 16.5. The highest BCUT2D eigenvalue weighted by atomic mass is 79.9. The molecule has 23 heavy (non-hydrogen) atoms. The van der Waals surface area contributed by atoms with Crippen molar-refractivity contribution in [3.05, 3.63) is 30.1 Å². The molecule has 0 saturated heterocycles. The second-order valence-corrected chi connectivity index (χ2v) is 6.63. The quantitative estimate of drug-likeness (QED) is 0.343. The molecule has 0 saturated carbocycles. The highest BCUT2D eigenvalue weighted by molar-refractivity contribution is 4.96. The lowest BCUT2D eigenvalue weighted by atomic mass is 10.1. The van der Waals surface area contributed by atoms with Crippen molar-refractivity contribution in [3.8, 4) is 0 Å². The van der Waals surface area contributed by atoms with Crippen LogP contribution in [0.2, 0.25) is 0 Å². The van der Waals surface area contributed by atoms with Crippen LogP contribution in [0.15, 0.2) is 24.4 Å². The molecule has 0 aliphatic carbocycles. The number of aryl methyl sites for hydroxylation is 2. The zero-order valence-corrected chi connectivity index (χ0v) is 17.1. The van der Waals surface area contributed by atoms with Crippen LogP contribution in [0.25, 0.3) is 0 Å². The minimum Gasteiger partial charge on any atom is -1.00 e. The zero-order valence-electron chi connectivity index (χ0n) is 15.5. The van der Waals surface area contributed by atoms with E-state index in [4.69, 9.17) is 0 Å². The molecule has 0 unspecified atom stereocenters. The summed E-state index contributed by atoms with van der Waals surface area (Å²) in [6.45, 7) is 5.73. The van der Waals surface area contributed by atoms with Gasteiger partial charge in [0.15, 0.2) is 11.9 Å². The maximum Gasteiger partial charge on any atom is 0.181 e. The van der Waals surface area contributed by atoms with Crippen molar-refractivity contribution in [1.29, 1.82) is 0 Å². The Hall–Kier alpha value is -0.370. The van der Waals surface area contributed by atoms with Gasteiger partial charge in [0.2, 0.25) is 0 Å². The van der Waals surface area contributed by atoms with E-state index in [1.54, 1.807) is 0 Å². The fourth-order valence-corrected chi connectivity index (χ4v) is 3.17. The molecule has 1 aromatic rings. The first-order valence-electron chi connectivity index (χ1n) is 9.85. The lowest BCUT2D eigenvalue weighted by molar-refractivity contribution is -0.704. The predicted molar refractivity (Wildman–Crippen MR) is 97.1 cm³/mol. The Kier molecular flexibility index (Phi) is 16.2. The van der Waals surface area contributed by atoms with Gasteiger partial charge in [0.1, 0.15) is 6.54 Å². The van der Waals surface area contributed by atoms with Gasteiger partial charge < -0.3 is 17.0 Å². The maximum atomic E-state index is 2.43. The average Bonchev–Trinajstić information content (AvgIpc) is 2.56. The number of nitrogens with zero attached hydrogens (tertiary/aromatic N) is 1. The maximum absolute atomic E-state index is 2.43. The number of aromatic nitrogens is 1. The molecule has 0 bridgehead atoms. The van der Waals surface area contributed by atoms with Gasteiger partial charge in [0, 0.05) is 25.0 Å². The Balaban J connectivity index is 0.00000484. The van der Waals surface area contributed by atoms with E-state index in [1.807, 2.05) is 0 Å². The molecule has 0 aromatic carbocycles. The van der Waals surface area contributed by atoms with Crippen molar-refractivity contribution in [2.75, 3.05) is 0 Å². The molecular formula is C21H38BrN. The summed E-state index contributed by atoms with van der Waals surface area (Å²) in [4.78, 5) is 0. The van der Waals surface area contributed by atoms with Gasteiger partial charge >= 0.3 is 0 Å². The fraction of sp³-hybridized carbons (Fsp3) is 0.762. The summed E-state index contributed by atoms with van der Waals surface area (Å²) in [7, 11) is 0. The highest BCUT2D eigenvalue weighted by Crippen LogP contribution is 2.11. The standard InChI is InChI=1S/C21H38N.BrH/c1-3-5-6-7-8-9-10-11-12-13-14-16-19-22-20-17-15-18-21(22)4-2;/h15,17-18,20H,3-14,16,19H2,1-2H3;1H/q+1;/p-1. The summed E-state index contributed by atoms with van der Waals surface area (Å²) in [6, 6.07) is 6.55. The van der Waals surface area contributed by atoms with Gasteiger partial charge in [-0.2, -0.15) is 0 Å². The molecule has 0 spiro atoms. The number of hydrogen-bond acceptors (Lipinski definition) is 0. The molecule has 0 amide bonds. The summed E-state index contributed by atoms with van der Waals surface area (Å²) < 4.78 is 2.43. The SMILES string of the molecule is CCCCCCCCCCCCCC[n+]1ccccc1CC.[Br-]. The van der Waals surface area contributed by atoms with Crippen molar-refractivity contribution in [3.63, 3.8) is 0 Å². The first-order chi connectivity index (χ1) is 10.9. The smallest absolute Gasteiger partial charge is 0.181 e. The molecule has 0 aliphatic heterocycles. The average molecular weight is 384 g/mol. The Morgan fingerprint density at radius 1 is 0.696 bits per heavy atom. The lowest BCUT2D eigenvalue weighted by Crippen LogP contribution is -3.00. The molecule has 0 fully saturated rings. The number of hydrogen-bond donors (Lipinski definition) is 0. The Morgan fingerprint density at radius 3 is 1.74 bits per heavy atom. The van der Waals surface area contributed by atoms with Crippen LogP contribution in [0.5, 0.6) is 0 Å². The molecule has 0 atom stereocenters. The van der Waals surface area contributed by atoms with E-state index in [0.29, 0.717) is 0 Å². The molecular weight excluding hydrogens is 346 g/mol. The van der Waals surface area contributed by atoms with Crippen molar-refractivity contribution < 1.29 is 21.5 Å². The lowest BCUT2D eigenvalue weighted by Gasteiger charge is -2.03. The predicted octanol–water partition coefficient (Wildman–Crippen LogP) is 3.24. The molecule has 2 heteroatoms. The number of halogens is 1. The van der Waals surface area contributed by atoms with Gasteiger partial charge in [-0.1, -0.05) is 84.1 Å². The van der Waals surface area contributed by atoms with Gasteiger partial charge in [-0.05, 0) is 6.42 Å². The summed E-state index contributed by atoms with van der Waals surface area (Å²) in [5, 5.41) is 0. The van der Waals surface area contributed by atoms with Crippen LogP contribution in [0.1, 0.15) is 96.6 Å². The molecule has 0 radical (unpaired) electrons. The monoisotopic (exact) mass is 383 g/mol. The molecule has 1 rings (SSSR count). The number of rotatable bonds is 14. The third-order valence-electron chi connectivity index (χ3n) is 4.65. The third-order valence-corrected chi connectivity index (χ3v) is 4.65. The van der Waals surface area contributed by atoms with Crippen molar-refractivity contribution in [2.24, 2.45) is 0 Å². The molecule has 0 N–H and O–H groups in total. The van der Waals surface area contributed by atoms with E-state index >= 15 is 0 Å². The summed E-state index contributed by atoms with van der Waals surface area (Å²) in [6.07, 6.45) is 20.5. The molecule has 0 aliphatic rings. The van der Waals surface area contributed by atoms with Crippen LogP contribution in [0, 0.1) is 0 Å². The van der Waals surface area contributed by atoms with E-state index in [9.17, 15) is 0 Å².